The maximum Gasteiger partial charge on any atom is 0.233 e. The predicted molar refractivity (Wildman–Crippen MR) is 106 cm³/mol. The van der Waals surface area contributed by atoms with Gasteiger partial charge < -0.3 is 15.0 Å². The number of nitrogens with one attached hydrogen (secondary N) is 1. The molecule has 8 nitrogen and oxygen atoms in total. The van der Waals surface area contributed by atoms with Crippen LogP contribution in [-0.4, -0.2) is 63.5 Å². The number of morpholine rings is 1. The summed E-state index contributed by atoms with van der Waals surface area (Å²) < 4.78 is 7.32. The average molecular weight is 401 g/mol. The van der Waals surface area contributed by atoms with Crippen LogP contribution in [0, 0.1) is 0 Å². The van der Waals surface area contributed by atoms with E-state index in [4.69, 9.17) is 4.74 Å². The SMILES string of the molecule is CC(=O)Nc1cccc(-n2c(SCC(=O)N3CCOCC3)nnc2C2CC2)c1. The predicted octanol–water partition coefficient (Wildman–Crippen LogP) is 2.05. The smallest absolute Gasteiger partial charge is 0.233 e. The van der Waals surface area contributed by atoms with Crippen LogP contribution in [-0.2, 0) is 14.3 Å². The zero-order valence-electron chi connectivity index (χ0n) is 15.8. The zero-order chi connectivity index (χ0) is 19.5. The lowest BCUT2D eigenvalue weighted by molar-refractivity contribution is -0.132. The topological polar surface area (TPSA) is 89.4 Å². The second-order valence-electron chi connectivity index (χ2n) is 6.96. The standard InChI is InChI=1S/C19H23N5O3S/c1-13(25)20-15-3-2-4-16(11-15)24-18(14-5-6-14)21-22-19(24)28-12-17(26)23-7-9-27-10-8-23/h2-4,11,14H,5-10,12H2,1H3,(H,20,25). The van der Waals surface area contributed by atoms with E-state index in [0.29, 0.717) is 43.1 Å². The largest absolute Gasteiger partial charge is 0.378 e. The van der Waals surface area contributed by atoms with Crippen molar-refractivity contribution >= 4 is 29.3 Å². The Hall–Kier alpha value is -2.39. The summed E-state index contributed by atoms with van der Waals surface area (Å²) in [5, 5.41) is 12.3. The summed E-state index contributed by atoms with van der Waals surface area (Å²) in [5.41, 5.74) is 1.61. The molecule has 0 radical (unpaired) electrons. The Bertz CT molecular complexity index is 874. The van der Waals surface area contributed by atoms with Gasteiger partial charge >= 0.3 is 0 Å². The highest BCUT2D eigenvalue weighted by molar-refractivity contribution is 7.99. The van der Waals surface area contributed by atoms with Crippen LogP contribution in [0.25, 0.3) is 5.69 Å². The molecule has 1 aliphatic carbocycles. The number of rotatable bonds is 6. The van der Waals surface area contributed by atoms with E-state index in [1.807, 2.05) is 33.7 Å². The molecule has 1 saturated heterocycles. The molecule has 2 aromatic rings. The first-order chi connectivity index (χ1) is 13.6. The van der Waals surface area contributed by atoms with Crippen molar-refractivity contribution in [3.8, 4) is 5.69 Å². The molecule has 2 fully saturated rings. The summed E-state index contributed by atoms with van der Waals surface area (Å²) in [5.74, 6) is 1.60. The van der Waals surface area contributed by atoms with Gasteiger partial charge in [0.2, 0.25) is 11.8 Å². The lowest BCUT2D eigenvalue weighted by Gasteiger charge is -2.26. The highest BCUT2D eigenvalue weighted by atomic mass is 32.2. The molecule has 1 saturated carbocycles. The number of thioether (sulfide) groups is 1. The van der Waals surface area contributed by atoms with E-state index in [0.717, 1.165) is 30.0 Å². The lowest BCUT2D eigenvalue weighted by atomic mass is 10.2. The first kappa shape index (κ1) is 18.9. The van der Waals surface area contributed by atoms with Crippen LogP contribution in [0.5, 0.6) is 0 Å². The van der Waals surface area contributed by atoms with Gasteiger partial charge in [-0.05, 0) is 31.0 Å². The van der Waals surface area contributed by atoms with Crippen molar-refractivity contribution in [1.29, 1.82) is 0 Å². The number of carbonyl (C=O) groups is 2. The van der Waals surface area contributed by atoms with Gasteiger partial charge in [0.1, 0.15) is 5.82 Å². The number of nitrogens with zero attached hydrogens (tertiary/aromatic N) is 4. The molecule has 0 unspecified atom stereocenters. The average Bonchev–Trinajstić information content (AvgIpc) is 3.46. The van der Waals surface area contributed by atoms with Crippen LogP contribution in [0.1, 0.15) is 31.5 Å². The second-order valence-corrected chi connectivity index (χ2v) is 7.91. The minimum Gasteiger partial charge on any atom is -0.378 e. The van der Waals surface area contributed by atoms with Gasteiger partial charge in [0.25, 0.3) is 0 Å². The molecule has 1 N–H and O–H groups in total. The van der Waals surface area contributed by atoms with Crippen molar-refractivity contribution in [3.63, 3.8) is 0 Å². The Morgan fingerprint density at radius 1 is 1.25 bits per heavy atom. The van der Waals surface area contributed by atoms with Crippen LogP contribution in [0.2, 0.25) is 0 Å². The number of ether oxygens (including phenoxy) is 1. The number of anilines is 1. The third-order valence-electron chi connectivity index (χ3n) is 4.71. The van der Waals surface area contributed by atoms with E-state index >= 15 is 0 Å². The molecule has 1 aromatic carbocycles. The summed E-state index contributed by atoms with van der Waals surface area (Å²) in [4.78, 5) is 25.7. The number of amides is 2. The highest BCUT2D eigenvalue weighted by Crippen LogP contribution is 2.41. The summed E-state index contributed by atoms with van der Waals surface area (Å²) in [6.07, 6.45) is 2.20. The van der Waals surface area contributed by atoms with Gasteiger partial charge in [0, 0.05) is 31.6 Å². The highest BCUT2D eigenvalue weighted by Gasteiger charge is 2.31. The van der Waals surface area contributed by atoms with Crippen molar-refractivity contribution in [2.75, 3.05) is 37.4 Å². The van der Waals surface area contributed by atoms with Gasteiger partial charge in [0.05, 0.1) is 24.7 Å². The molecule has 2 heterocycles. The summed E-state index contributed by atoms with van der Waals surface area (Å²) in [6, 6.07) is 7.62. The fraction of sp³-hybridized carbons (Fsp3) is 0.474. The molecule has 1 aromatic heterocycles. The molecule has 0 spiro atoms. The van der Waals surface area contributed by atoms with E-state index in [1.165, 1.54) is 18.7 Å². The van der Waals surface area contributed by atoms with Crippen molar-refractivity contribution in [2.45, 2.75) is 30.8 Å². The normalized spacial score (nSPS) is 16.8. The Balaban J connectivity index is 1.55. The molecular weight excluding hydrogens is 378 g/mol. The monoisotopic (exact) mass is 401 g/mol. The van der Waals surface area contributed by atoms with E-state index < -0.39 is 0 Å². The van der Waals surface area contributed by atoms with E-state index in [2.05, 4.69) is 15.5 Å². The third kappa shape index (κ3) is 4.36. The Morgan fingerprint density at radius 3 is 2.75 bits per heavy atom. The lowest BCUT2D eigenvalue weighted by Crippen LogP contribution is -2.41. The molecule has 0 atom stereocenters. The molecule has 4 rings (SSSR count). The molecule has 2 amide bonds. The van der Waals surface area contributed by atoms with Crippen molar-refractivity contribution in [2.24, 2.45) is 0 Å². The first-order valence-electron chi connectivity index (χ1n) is 9.43. The molecule has 28 heavy (non-hydrogen) atoms. The van der Waals surface area contributed by atoms with Gasteiger partial charge in [-0.25, -0.2) is 0 Å². The number of aromatic nitrogens is 3. The molecule has 1 aliphatic heterocycles. The Kier molecular flexibility index (Phi) is 5.63. The number of hydrogen-bond donors (Lipinski definition) is 1. The van der Waals surface area contributed by atoms with Crippen molar-refractivity contribution in [3.05, 3.63) is 30.1 Å². The van der Waals surface area contributed by atoms with Crippen LogP contribution >= 0.6 is 11.8 Å². The van der Waals surface area contributed by atoms with Gasteiger partial charge in [-0.15, -0.1) is 10.2 Å². The summed E-state index contributed by atoms with van der Waals surface area (Å²) in [6.45, 7) is 3.94. The van der Waals surface area contributed by atoms with Crippen LogP contribution in [0.4, 0.5) is 5.69 Å². The van der Waals surface area contributed by atoms with Crippen LogP contribution in [0.15, 0.2) is 29.4 Å². The minimum atomic E-state index is -0.117. The Labute approximate surface area is 167 Å². The summed E-state index contributed by atoms with van der Waals surface area (Å²) >= 11 is 1.40. The number of hydrogen-bond acceptors (Lipinski definition) is 6. The maximum absolute atomic E-state index is 12.5. The fourth-order valence-electron chi connectivity index (χ4n) is 3.18. The molecular formula is C19H23N5O3S. The molecule has 148 valence electrons. The van der Waals surface area contributed by atoms with Gasteiger partial charge in [0.15, 0.2) is 5.16 Å². The molecule has 9 heteroatoms. The summed E-state index contributed by atoms with van der Waals surface area (Å²) in [7, 11) is 0. The van der Waals surface area contributed by atoms with Crippen molar-refractivity contribution < 1.29 is 14.3 Å². The van der Waals surface area contributed by atoms with E-state index in [-0.39, 0.29) is 11.8 Å². The Morgan fingerprint density at radius 2 is 2.04 bits per heavy atom. The number of benzene rings is 1. The van der Waals surface area contributed by atoms with Gasteiger partial charge in [-0.3, -0.25) is 14.2 Å². The van der Waals surface area contributed by atoms with E-state index in [1.54, 1.807) is 0 Å². The third-order valence-corrected chi connectivity index (χ3v) is 5.63. The first-order valence-corrected chi connectivity index (χ1v) is 10.4. The zero-order valence-corrected chi connectivity index (χ0v) is 16.6. The minimum absolute atomic E-state index is 0.0859. The fourth-order valence-corrected chi connectivity index (χ4v) is 4.04. The van der Waals surface area contributed by atoms with Gasteiger partial charge in [-0.1, -0.05) is 17.8 Å². The molecule has 0 bridgehead atoms. The maximum atomic E-state index is 12.5. The number of carbonyl (C=O) groups excluding carboxylic acids is 2. The quantitative estimate of drug-likeness (QED) is 0.746. The second kappa shape index (κ2) is 8.32. The van der Waals surface area contributed by atoms with Crippen molar-refractivity contribution in [1.82, 2.24) is 19.7 Å². The van der Waals surface area contributed by atoms with E-state index in [9.17, 15) is 9.59 Å². The molecule has 2 aliphatic rings. The van der Waals surface area contributed by atoms with Gasteiger partial charge in [-0.2, -0.15) is 0 Å². The van der Waals surface area contributed by atoms with Crippen LogP contribution < -0.4 is 5.32 Å². The van der Waals surface area contributed by atoms with Crippen LogP contribution in [0.3, 0.4) is 0 Å².